The zero-order valence-electron chi connectivity index (χ0n) is 15.4. The standard InChI is InChI=1S/C23H19N3OS/c27-23-16-8-3-6-15-7-4-10-18(21(15)16)26(23)14-25-13-5-11-19(25)22-24-17-9-1-2-12-20(17)28-22/h1-4,6-10,12,19H,5,11,13-14H2/p+1/t19-/m1/s1. The molecule has 6 rings (SSSR count). The minimum Gasteiger partial charge on any atom is -0.309 e. The van der Waals surface area contributed by atoms with Gasteiger partial charge >= 0.3 is 0 Å². The van der Waals surface area contributed by atoms with Crippen molar-refractivity contribution < 1.29 is 9.69 Å². The smallest absolute Gasteiger partial charge is 0.263 e. The number of rotatable bonds is 3. The molecule has 1 aromatic heterocycles. The molecule has 2 aliphatic rings. The lowest BCUT2D eigenvalue weighted by atomic mass is 10.1. The van der Waals surface area contributed by atoms with Crippen molar-refractivity contribution in [2.24, 2.45) is 0 Å². The third kappa shape index (κ3) is 2.33. The number of carbonyl (C=O) groups is 1. The third-order valence-electron chi connectivity index (χ3n) is 6.10. The monoisotopic (exact) mass is 386 g/mol. The topological polar surface area (TPSA) is 37.6 Å². The van der Waals surface area contributed by atoms with Crippen molar-refractivity contribution in [2.75, 3.05) is 18.1 Å². The quantitative estimate of drug-likeness (QED) is 0.582. The second-order valence-corrected chi connectivity index (χ2v) is 8.76. The molecule has 1 fully saturated rings. The van der Waals surface area contributed by atoms with Crippen LogP contribution in [0, 0.1) is 0 Å². The Balaban J connectivity index is 1.35. The highest BCUT2D eigenvalue weighted by Crippen LogP contribution is 2.37. The maximum Gasteiger partial charge on any atom is 0.263 e. The number of carbonyl (C=O) groups excluding carboxylic acids is 1. The van der Waals surface area contributed by atoms with Gasteiger partial charge in [0.1, 0.15) is 6.04 Å². The molecule has 1 unspecified atom stereocenters. The van der Waals surface area contributed by atoms with E-state index >= 15 is 0 Å². The van der Waals surface area contributed by atoms with Crippen molar-refractivity contribution in [1.82, 2.24) is 4.98 Å². The molecule has 0 saturated carbocycles. The minimum atomic E-state index is 0.134. The maximum atomic E-state index is 13.1. The van der Waals surface area contributed by atoms with E-state index in [-0.39, 0.29) is 5.91 Å². The number of para-hydroxylation sites is 1. The summed E-state index contributed by atoms with van der Waals surface area (Å²) in [6, 6.07) is 21.0. The molecule has 2 atom stereocenters. The van der Waals surface area contributed by atoms with Gasteiger partial charge in [-0.15, -0.1) is 11.3 Å². The zero-order chi connectivity index (χ0) is 18.7. The number of benzene rings is 3. The van der Waals surface area contributed by atoms with Gasteiger partial charge in [0, 0.05) is 18.2 Å². The highest BCUT2D eigenvalue weighted by Gasteiger charge is 2.38. The Morgan fingerprint density at radius 2 is 1.93 bits per heavy atom. The van der Waals surface area contributed by atoms with E-state index in [4.69, 9.17) is 4.98 Å². The predicted octanol–water partition coefficient (Wildman–Crippen LogP) is 3.79. The van der Waals surface area contributed by atoms with Crippen LogP contribution in [0.2, 0.25) is 0 Å². The molecule has 5 heteroatoms. The van der Waals surface area contributed by atoms with Gasteiger partial charge in [-0.25, -0.2) is 4.98 Å². The van der Waals surface area contributed by atoms with Crippen molar-refractivity contribution in [2.45, 2.75) is 18.9 Å². The second kappa shape index (κ2) is 6.12. The van der Waals surface area contributed by atoms with E-state index in [1.165, 1.54) is 21.0 Å². The van der Waals surface area contributed by atoms with Gasteiger partial charge in [0.15, 0.2) is 11.7 Å². The summed E-state index contributed by atoms with van der Waals surface area (Å²) in [5, 5.41) is 3.45. The molecule has 4 aromatic rings. The van der Waals surface area contributed by atoms with Gasteiger partial charge in [0.2, 0.25) is 0 Å². The third-order valence-corrected chi connectivity index (χ3v) is 7.25. The second-order valence-electron chi connectivity index (χ2n) is 7.70. The number of anilines is 1. The Labute approximate surface area is 167 Å². The molecule has 2 aliphatic heterocycles. The first-order valence-electron chi connectivity index (χ1n) is 9.83. The number of quaternary nitrogens is 1. The molecule has 4 nitrogen and oxygen atoms in total. The summed E-state index contributed by atoms with van der Waals surface area (Å²) in [4.78, 5) is 21.5. The van der Waals surface area contributed by atoms with E-state index in [2.05, 4.69) is 42.5 Å². The van der Waals surface area contributed by atoms with Gasteiger partial charge in [-0.1, -0.05) is 36.4 Å². The number of amides is 1. The molecular formula is C23H20N3OS+. The molecule has 3 aromatic carbocycles. The fourth-order valence-electron chi connectivity index (χ4n) is 4.78. The fourth-order valence-corrected chi connectivity index (χ4v) is 5.94. The minimum absolute atomic E-state index is 0.134. The predicted molar refractivity (Wildman–Crippen MR) is 113 cm³/mol. The molecule has 0 spiro atoms. The highest BCUT2D eigenvalue weighted by molar-refractivity contribution is 7.18. The molecule has 0 radical (unpaired) electrons. The van der Waals surface area contributed by atoms with Crippen molar-refractivity contribution in [1.29, 1.82) is 0 Å². The van der Waals surface area contributed by atoms with Gasteiger partial charge < -0.3 is 4.90 Å². The molecule has 28 heavy (non-hydrogen) atoms. The van der Waals surface area contributed by atoms with Gasteiger partial charge in [-0.05, 0) is 29.7 Å². The number of nitrogens with one attached hydrogen (secondary N) is 1. The largest absolute Gasteiger partial charge is 0.309 e. The SMILES string of the molecule is O=C1c2cccc3cccc(c23)N1C[NH+]1CCC[C@@H]1c1nc2ccccc2s1. The lowest BCUT2D eigenvalue weighted by Crippen LogP contribution is -3.12. The van der Waals surface area contributed by atoms with Crippen molar-refractivity contribution >= 4 is 43.9 Å². The van der Waals surface area contributed by atoms with Crippen LogP contribution in [-0.4, -0.2) is 24.1 Å². The van der Waals surface area contributed by atoms with Crippen molar-refractivity contribution in [3.05, 3.63) is 71.2 Å². The Morgan fingerprint density at radius 1 is 1.07 bits per heavy atom. The van der Waals surface area contributed by atoms with Crippen LogP contribution in [0.5, 0.6) is 0 Å². The number of hydrogen-bond acceptors (Lipinski definition) is 3. The Morgan fingerprint density at radius 3 is 2.82 bits per heavy atom. The van der Waals surface area contributed by atoms with Crippen LogP contribution in [0.25, 0.3) is 21.0 Å². The Kier molecular flexibility index (Phi) is 3.55. The molecule has 0 aliphatic carbocycles. The zero-order valence-corrected chi connectivity index (χ0v) is 16.2. The summed E-state index contributed by atoms with van der Waals surface area (Å²) >= 11 is 1.80. The number of likely N-dealkylation sites (tertiary alicyclic amines) is 1. The van der Waals surface area contributed by atoms with E-state index in [0.717, 1.165) is 40.5 Å². The van der Waals surface area contributed by atoms with E-state index in [9.17, 15) is 4.79 Å². The van der Waals surface area contributed by atoms with Crippen molar-refractivity contribution in [3.8, 4) is 0 Å². The van der Waals surface area contributed by atoms with E-state index in [0.29, 0.717) is 12.7 Å². The average Bonchev–Trinajstić information content (AvgIpc) is 3.42. The summed E-state index contributed by atoms with van der Waals surface area (Å²) in [5.41, 5.74) is 2.98. The van der Waals surface area contributed by atoms with Crippen LogP contribution in [0.1, 0.15) is 34.2 Å². The number of nitrogens with zero attached hydrogens (tertiary/aromatic N) is 2. The normalized spacial score (nSPS) is 21.3. The first kappa shape index (κ1) is 16.2. The van der Waals surface area contributed by atoms with E-state index < -0.39 is 0 Å². The molecule has 1 saturated heterocycles. The van der Waals surface area contributed by atoms with Gasteiger partial charge in [-0.3, -0.25) is 9.69 Å². The molecule has 1 amide bonds. The van der Waals surface area contributed by atoms with E-state index in [1.54, 1.807) is 11.3 Å². The Hall–Kier alpha value is -2.76. The average molecular weight is 387 g/mol. The number of aromatic nitrogens is 1. The molecule has 138 valence electrons. The first-order valence-corrected chi connectivity index (χ1v) is 10.6. The van der Waals surface area contributed by atoms with Crippen molar-refractivity contribution in [3.63, 3.8) is 0 Å². The fraction of sp³-hybridized carbons (Fsp3) is 0.217. The molecule has 1 N–H and O–H groups in total. The van der Waals surface area contributed by atoms with E-state index in [1.807, 2.05) is 23.1 Å². The van der Waals surface area contributed by atoms with Crippen LogP contribution < -0.4 is 9.80 Å². The molecule has 3 heterocycles. The summed E-state index contributed by atoms with van der Waals surface area (Å²) in [6.45, 7) is 1.78. The Bertz CT molecular complexity index is 1190. The highest BCUT2D eigenvalue weighted by atomic mass is 32.1. The lowest BCUT2D eigenvalue weighted by Gasteiger charge is -2.26. The van der Waals surface area contributed by atoms with Crippen LogP contribution in [-0.2, 0) is 0 Å². The number of hydrogen-bond donors (Lipinski definition) is 1. The molecular weight excluding hydrogens is 366 g/mol. The van der Waals surface area contributed by atoms with Crippen LogP contribution >= 0.6 is 11.3 Å². The van der Waals surface area contributed by atoms with Gasteiger partial charge in [-0.2, -0.15) is 0 Å². The van der Waals surface area contributed by atoms with Gasteiger partial charge in [0.05, 0.1) is 28.0 Å². The molecule has 0 bridgehead atoms. The summed E-state index contributed by atoms with van der Waals surface area (Å²) in [5.74, 6) is 0.134. The summed E-state index contributed by atoms with van der Waals surface area (Å²) in [7, 11) is 0. The summed E-state index contributed by atoms with van der Waals surface area (Å²) in [6.07, 6.45) is 2.31. The van der Waals surface area contributed by atoms with Crippen LogP contribution in [0.15, 0.2) is 60.7 Å². The summed E-state index contributed by atoms with van der Waals surface area (Å²) < 4.78 is 1.25. The van der Waals surface area contributed by atoms with Gasteiger partial charge in [0.25, 0.3) is 5.91 Å². The van der Waals surface area contributed by atoms with Crippen LogP contribution in [0.4, 0.5) is 5.69 Å². The first-order chi connectivity index (χ1) is 13.8. The number of fused-ring (bicyclic) bond motifs is 1. The van der Waals surface area contributed by atoms with Crippen LogP contribution in [0.3, 0.4) is 0 Å². The maximum absolute atomic E-state index is 13.1. The lowest BCUT2D eigenvalue weighted by molar-refractivity contribution is -0.917. The number of thiazole rings is 1.